The first-order chi connectivity index (χ1) is 13.0. The summed E-state index contributed by atoms with van der Waals surface area (Å²) in [6.07, 6.45) is 3.55. The normalized spacial score (nSPS) is 11.2. The van der Waals surface area contributed by atoms with E-state index in [0.29, 0.717) is 6.54 Å². The lowest BCUT2D eigenvalue weighted by Crippen LogP contribution is -2.27. The number of carbonyl (C=O) groups excluding carboxylic acids is 1. The Morgan fingerprint density at radius 3 is 2.85 bits per heavy atom. The standard InChI is InChI=1S/C19H20N6OS/c1-12-18-15(16-5-4-8-27-16)6-7-20-19(18)25(23-12)11-17(26)21-9-14-10-22-24(3)13(14)2/h4-8,10H,9,11H2,1-3H3,(H,21,26). The molecule has 0 unspecified atom stereocenters. The van der Waals surface area contributed by atoms with Crippen LogP contribution in [0.2, 0.25) is 0 Å². The Hall–Kier alpha value is -3.00. The molecular formula is C19H20N6OS. The van der Waals surface area contributed by atoms with Crippen LogP contribution in [-0.4, -0.2) is 30.5 Å². The number of aromatic nitrogens is 5. The van der Waals surface area contributed by atoms with Gasteiger partial charge in [-0.1, -0.05) is 6.07 Å². The number of pyridine rings is 1. The molecule has 0 aliphatic heterocycles. The van der Waals surface area contributed by atoms with Crippen molar-refractivity contribution < 1.29 is 4.79 Å². The third kappa shape index (κ3) is 3.23. The highest BCUT2D eigenvalue weighted by atomic mass is 32.1. The monoisotopic (exact) mass is 380 g/mol. The quantitative estimate of drug-likeness (QED) is 0.577. The highest BCUT2D eigenvalue weighted by Gasteiger charge is 2.16. The molecule has 1 N–H and O–H groups in total. The van der Waals surface area contributed by atoms with Crippen LogP contribution < -0.4 is 5.32 Å². The van der Waals surface area contributed by atoms with Gasteiger partial charge in [-0.3, -0.25) is 9.48 Å². The zero-order valence-electron chi connectivity index (χ0n) is 15.4. The molecule has 0 bridgehead atoms. The van der Waals surface area contributed by atoms with Crippen molar-refractivity contribution in [1.82, 2.24) is 29.9 Å². The third-order valence-electron chi connectivity index (χ3n) is 4.70. The highest BCUT2D eigenvalue weighted by Crippen LogP contribution is 2.32. The summed E-state index contributed by atoms with van der Waals surface area (Å²) in [5.41, 5.74) is 4.75. The van der Waals surface area contributed by atoms with Gasteiger partial charge in [0, 0.05) is 41.5 Å². The zero-order valence-corrected chi connectivity index (χ0v) is 16.2. The number of nitrogens with one attached hydrogen (secondary N) is 1. The molecule has 27 heavy (non-hydrogen) atoms. The smallest absolute Gasteiger partial charge is 0.242 e. The molecule has 0 aromatic carbocycles. The lowest BCUT2D eigenvalue weighted by Gasteiger charge is -2.06. The van der Waals surface area contributed by atoms with E-state index in [1.165, 1.54) is 4.88 Å². The molecule has 4 aromatic heterocycles. The molecule has 0 fully saturated rings. The van der Waals surface area contributed by atoms with Gasteiger partial charge in [0.2, 0.25) is 5.91 Å². The van der Waals surface area contributed by atoms with Crippen LogP contribution in [0, 0.1) is 13.8 Å². The fourth-order valence-corrected chi connectivity index (χ4v) is 3.89. The second kappa shape index (κ2) is 6.96. The molecule has 4 rings (SSSR count). The number of hydrogen-bond donors (Lipinski definition) is 1. The van der Waals surface area contributed by atoms with E-state index in [1.807, 2.05) is 33.0 Å². The molecule has 0 atom stereocenters. The number of thiophene rings is 1. The molecule has 0 radical (unpaired) electrons. The van der Waals surface area contributed by atoms with Gasteiger partial charge in [0.15, 0.2) is 5.65 Å². The van der Waals surface area contributed by atoms with Crippen molar-refractivity contribution in [3.63, 3.8) is 0 Å². The van der Waals surface area contributed by atoms with Crippen LogP contribution in [0.3, 0.4) is 0 Å². The summed E-state index contributed by atoms with van der Waals surface area (Å²) in [6.45, 7) is 4.51. The van der Waals surface area contributed by atoms with E-state index >= 15 is 0 Å². The average Bonchev–Trinajstić information content (AvgIpc) is 3.37. The van der Waals surface area contributed by atoms with Crippen molar-refractivity contribution >= 4 is 28.3 Å². The Bertz CT molecular complexity index is 1110. The van der Waals surface area contributed by atoms with Crippen molar-refractivity contribution in [1.29, 1.82) is 0 Å². The van der Waals surface area contributed by atoms with Crippen molar-refractivity contribution in [3.05, 3.63) is 52.9 Å². The van der Waals surface area contributed by atoms with Crippen LogP contribution in [0.4, 0.5) is 0 Å². The molecule has 0 aliphatic rings. The van der Waals surface area contributed by atoms with Gasteiger partial charge in [-0.05, 0) is 31.4 Å². The Labute approximate surface area is 160 Å². The first-order valence-electron chi connectivity index (χ1n) is 8.64. The topological polar surface area (TPSA) is 77.6 Å². The van der Waals surface area contributed by atoms with Crippen LogP contribution in [-0.2, 0) is 24.9 Å². The second-order valence-electron chi connectivity index (χ2n) is 6.43. The van der Waals surface area contributed by atoms with Crippen LogP contribution in [0.15, 0.2) is 36.0 Å². The number of rotatable bonds is 5. The molecule has 7 nitrogen and oxygen atoms in total. The number of aryl methyl sites for hydroxylation is 2. The number of hydrogen-bond acceptors (Lipinski definition) is 5. The lowest BCUT2D eigenvalue weighted by atomic mass is 10.1. The Morgan fingerprint density at radius 2 is 2.15 bits per heavy atom. The summed E-state index contributed by atoms with van der Waals surface area (Å²) >= 11 is 1.68. The number of fused-ring (bicyclic) bond motifs is 1. The maximum atomic E-state index is 12.4. The highest BCUT2D eigenvalue weighted by molar-refractivity contribution is 7.13. The predicted molar refractivity (Wildman–Crippen MR) is 105 cm³/mol. The predicted octanol–water partition coefficient (Wildman–Crippen LogP) is 2.83. The number of amides is 1. The minimum Gasteiger partial charge on any atom is -0.350 e. The van der Waals surface area contributed by atoms with Crippen LogP contribution in [0.25, 0.3) is 21.5 Å². The second-order valence-corrected chi connectivity index (χ2v) is 7.38. The maximum absolute atomic E-state index is 12.4. The fourth-order valence-electron chi connectivity index (χ4n) is 3.13. The van der Waals surface area contributed by atoms with E-state index in [2.05, 4.69) is 31.9 Å². The van der Waals surface area contributed by atoms with Gasteiger partial charge in [0.25, 0.3) is 0 Å². The third-order valence-corrected chi connectivity index (χ3v) is 5.60. The van der Waals surface area contributed by atoms with E-state index in [9.17, 15) is 4.79 Å². The molecular weight excluding hydrogens is 360 g/mol. The van der Waals surface area contributed by atoms with Gasteiger partial charge in [0.1, 0.15) is 6.54 Å². The van der Waals surface area contributed by atoms with E-state index < -0.39 is 0 Å². The molecule has 0 saturated carbocycles. The summed E-state index contributed by atoms with van der Waals surface area (Å²) in [5, 5.41) is 14.7. The molecule has 0 spiro atoms. The average molecular weight is 380 g/mol. The maximum Gasteiger partial charge on any atom is 0.242 e. The van der Waals surface area contributed by atoms with Gasteiger partial charge in [-0.25, -0.2) is 9.67 Å². The first kappa shape index (κ1) is 17.4. The van der Waals surface area contributed by atoms with Crippen molar-refractivity contribution in [2.45, 2.75) is 26.9 Å². The lowest BCUT2D eigenvalue weighted by molar-refractivity contribution is -0.121. The Kier molecular flexibility index (Phi) is 4.49. The molecule has 8 heteroatoms. The van der Waals surface area contributed by atoms with Crippen LogP contribution in [0.1, 0.15) is 17.0 Å². The molecule has 4 aromatic rings. The van der Waals surface area contributed by atoms with Crippen molar-refractivity contribution in [3.8, 4) is 10.4 Å². The zero-order chi connectivity index (χ0) is 19.0. The molecule has 0 aliphatic carbocycles. The van der Waals surface area contributed by atoms with Crippen molar-refractivity contribution in [2.75, 3.05) is 0 Å². The van der Waals surface area contributed by atoms with Gasteiger partial charge < -0.3 is 5.32 Å². The molecule has 138 valence electrons. The van der Waals surface area contributed by atoms with E-state index in [4.69, 9.17) is 0 Å². The summed E-state index contributed by atoms with van der Waals surface area (Å²) < 4.78 is 3.47. The minimum atomic E-state index is -0.106. The van der Waals surface area contributed by atoms with Gasteiger partial charge >= 0.3 is 0 Å². The molecule has 0 saturated heterocycles. The van der Waals surface area contributed by atoms with Crippen LogP contribution in [0.5, 0.6) is 0 Å². The van der Waals surface area contributed by atoms with Gasteiger partial charge in [-0.15, -0.1) is 11.3 Å². The fraction of sp³-hybridized carbons (Fsp3) is 0.263. The number of carbonyl (C=O) groups is 1. The van der Waals surface area contributed by atoms with Gasteiger partial charge in [0.05, 0.1) is 17.3 Å². The Balaban J connectivity index is 1.56. The summed E-state index contributed by atoms with van der Waals surface area (Å²) in [5.74, 6) is -0.106. The first-order valence-corrected chi connectivity index (χ1v) is 9.52. The van der Waals surface area contributed by atoms with Gasteiger partial charge in [-0.2, -0.15) is 10.2 Å². The molecule has 1 amide bonds. The van der Waals surface area contributed by atoms with Crippen LogP contribution >= 0.6 is 11.3 Å². The van der Waals surface area contributed by atoms with Crippen molar-refractivity contribution in [2.24, 2.45) is 7.05 Å². The molecule has 4 heterocycles. The largest absolute Gasteiger partial charge is 0.350 e. The van der Waals surface area contributed by atoms with E-state index in [-0.39, 0.29) is 12.5 Å². The summed E-state index contributed by atoms with van der Waals surface area (Å²) in [4.78, 5) is 18.1. The SMILES string of the molecule is Cc1nn(CC(=O)NCc2cnn(C)c2C)c2nccc(-c3cccs3)c12. The minimum absolute atomic E-state index is 0.106. The summed E-state index contributed by atoms with van der Waals surface area (Å²) in [6, 6.07) is 6.11. The van der Waals surface area contributed by atoms with E-state index in [1.54, 1.807) is 33.1 Å². The van der Waals surface area contributed by atoms with E-state index in [0.717, 1.165) is 33.5 Å². The summed E-state index contributed by atoms with van der Waals surface area (Å²) in [7, 11) is 1.89. The number of nitrogens with zero attached hydrogens (tertiary/aromatic N) is 5. The Morgan fingerprint density at radius 1 is 1.30 bits per heavy atom.